The lowest BCUT2D eigenvalue weighted by Crippen LogP contribution is -2.10. The molecule has 0 aliphatic heterocycles. The highest BCUT2D eigenvalue weighted by molar-refractivity contribution is 5.96. The number of aryl methyl sites for hydroxylation is 1. The van der Waals surface area contributed by atoms with Gasteiger partial charge in [-0.05, 0) is 29.2 Å². The molecule has 32 heavy (non-hydrogen) atoms. The van der Waals surface area contributed by atoms with Crippen molar-refractivity contribution in [1.82, 2.24) is 9.55 Å². The fourth-order valence-corrected chi connectivity index (χ4v) is 3.68. The maximum absolute atomic E-state index is 12.0. The monoisotopic (exact) mass is 453 g/mol. The summed E-state index contributed by atoms with van der Waals surface area (Å²) in [5.41, 5.74) is 3.53. The minimum absolute atomic E-state index is 0. The molecule has 168 valence electrons. The molecule has 3 aromatic rings. The molecule has 0 saturated carbocycles. The second kappa shape index (κ2) is 11.5. The molecule has 0 saturated heterocycles. The van der Waals surface area contributed by atoms with Crippen molar-refractivity contribution in [2.24, 2.45) is 0 Å². The number of carboxylic acid groups (broad SMARTS) is 1. The fraction of sp³-hybridized carbons (Fsp3) is 0.320. The molecule has 0 amide bonds. The van der Waals surface area contributed by atoms with Gasteiger partial charge in [0.05, 0.1) is 24.4 Å². The molecule has 0 aliphatic rings. The Balaban J connectivity index is 0.00000363. The third kappa shape index (κ3) is 5.37. The van der Waals surface area contributed by atoms with Crippen LogP contribution >= 0.6 is 12.4 Å². The van der Waals surface area contributed by atoms with Gasteiger partial charge in [-0.25, -0.2) is 9.78 Å². The number of unbranched alkanes of at least 4 members (excludes halogenated alkanes) is 1. The molecule has 0 spiro atoms. The Bertz CT molecular complexity index is 1100. The van der Waals surface area contributed by atoms with Crippen LogP contribution in [0, 0.1) is 11.3 Å². The van der Waals surface area contributed by atoms with E-state index in [0.717, 1.165) is 36.2 Å². The maximum atomic E-state index is 12.0. The van der Waals surface area contributed by atoms with Gasteiger partial charge in [0.15, 0.2) is 0 Å². The smallest absolute Gasteiger partial charge is 0.336 e. The lowest BCUT2D eigenvalue weighted by atomic mass is 9.97. The van der Waals surface area contributed by atoms with Gasteiger partial charge in [-0.1, -0.05) is 62.7 Å². The maximum Gasteiger partial charge on any atom is 0.336 e. The Morgan fingerprint density at radius 3 is 2.53 bits per heavy atom. The number of nitrogens with zero attached hydrogens (tertiary/aromatic N) is 3. The number of hydrogen-bond donors (Lipinski definition) is 2. The zero-order chi connectivity index (χ0) is 22.4. The summed E-state index contributed by atoms with van der Waals surface area (Å²) in [5.74, 6) is -0.448. The Kier molecular flexibility index (Phi) is 9.01. The first-order valence-electron chi connectivity index (χ1n) is 10.5. The fourth-order valence-electron chi connectivity index (χ4n) is 3.68. The zero-order valence-electron chi connectivity index (χ0n) is 18.3. The van der Waals surface area contributed by atoms with E-state index >= 15 is 0 Å². The average Bonchev–Trinajstić information content (AvgIpc) is 3.14. The number of rotatable bonds is 9. The van der Waals surface area contributed by atoms with Crippen LogP contribution in [0.3, 0.4) is 0 Å². The van der Waals surface area contributed by atoms with Gasteiger partial charge in [-0.2, -0.15) is 5.26 Å². The van der Waals surface area contributed by atoms with Gasteiger partial charge in [-0.3, -0.25) is 0 Å². The summed E-state index contributed by atoms with van der Waals surface area (Å²) in [6.45, 7) is 4.20. The molecule has 7 heteroatoms. The van der Waals surface area contributed by atoms with Crippen LogP contribution in [0.15, 0.2) is 48.5 Å². The third-order valence-electron chi connectivity index (χ3n) is 5.41. The van der Waals surface area contributed by atoms with Crippen molar-refractivity contribution in [3.63, 3.8) is 0 Å². The summed E-state index contributed by atoms with van der Waals surface area (Å²) >= 11 is 0. The van der Waals surface area contributed by atoms with E-state index in [9.17, 15) is 20.3 Å². The summed E-state index contributed by atoms with van der Waals surface area (Å²) in [6.07, 6.45) is 2.65. The predicted molar refractivity (Wildman–Crippen MR) is 126 cm³/mol. The van der Waals surface area contributed by atoms with Gasteiger partial charge in [-0.15, -0.1) is 12.4 Å². The normalized spacial score (nSPS) is 11.4. The topological polar surface area (TPSA) is 99.1 Å². The molecule has 0 fully saturated rings. The van der Waals surface area contributed by atoms with Crippen LogP contribution < -0.4 is 0 Å². The molecule has 6 nitrogen and oxygen atoms in total. The molecule has 3 rings (SSSR count). The number of aromatic carboxylic acids is 1. The quantitative estimate of drug-likeness (QED) is 0.473. The van der Waals surface area contributed by atoms with Gasteiger partial charge in [0, 0.05) is 12.3 Å². The number of carboxylic acids is 1. The van der Waals surface area contributed by atoms with Gasteiger partial charge < -0.3 is 14.8 Å². The third-order valence-corrected chi connectivity index (χ3v) is 5.41. The Hall–Kier alpha value is -3.14. The molecule has 1 atom stereocenters. The van der Waals surface area contributed by atoms with Crippen LogP contribution in [0.2, 0.25) is 0 Å². The molecule has 0 bridgehead atoms. The SMILES string of the molecule is CCCCc1nc(C(C)CO)c(C#N)n1Cc1ccc(-c2ccccc2)c(C(=O)O)c1.Cl. The molecule has 1 heterocycles. The Morgan fingerprint density at radius 2 is 1.94 bits per heavy atom. The predicted octanol–water partition coefficient (Wildman–Crippen LogP) is 5.03. The molecule has 0 radical (unpaired) electrons. The minimum Gasteiger partial charge on any atom is -0.478 e. The van der Waals surface area contributed by atoms with E-state index in [0.29, 0.717) is 23.5 Å². The number of nitriles is 1. The van der Waals surface area contributed by atoms with Crippen LogP contribution in [0.25, 0.3) is 11.1 Å². The van der Waals surface area contributed by atoms with Gasteiger partial charge in [0.2, 0.25) is 0 Å². The van der Waals surface area contributed by atoms with Crippen molar-refractivity contribution in [3.8, 4) is 17.2 Å². The molecule has 1 aromatic heterocycles. The van der Waals surface area contributed by atoms with Crippen molar-refractivity contribution in [3.05, 3.63) is 76.9 Å². The summed E-state index contributed by atoms with van der Waals surface area (Å²) in [7, 11) is 0. The lowest BCUT2D eigenvalue weighted by molar-refractivity contribution is 0.0697. The second-order valence-corrected chi connectivity index (χ2v) is 7.70. The molecule has 2 aromatic carbocycles. The van der Waals surface area contributed by atoms with Crippen LogP contribution in [0.4, 0.5) is 0 Å². The molecule has 0 aliphatic carbocycles. The summed E-state index contributed by atoms with van der Waals surface area (Å²) < 4.78 is 1.86. The van der Waals surface area contributed by atoms with Crippen LogP contribution in [0.5, 0.6) is 0 Å². The Labute approximate surface area is 194 Å². The van der Waals surface area contributed by atoms with Crippen LogP contribution in [-0.2, 0) is 13.0 Å². The first-order chi connectivity index (χ1) is 15.0. The highest BCUT2D eigenvalue weighted by atomic mass is 35.5. The number of aliphatic hydroxyl groups excluding tert-OH is 1. The van der Waals surface area contributed by atoms with Gasteiger partial charge in [0.25, 0.3) is 0 Å². The number of aromatic nitrogens is 2. The van der Waals surface area contributed by atoms with E-state index in [1.807, 2.05) is 54.0 Å². The van der Waals surface area contributed by atoms with E-state index in [4.69, 9.17) is 0 Å². The lowest BCUT2D eigenvalue weighted by Gasteiger charge is -2.13. The molecular weight excluding hydrogens is 426 g/mol. The summed E-state index contributed by atoms with van der Waals surface area (Å²) in [6, 6.07) is 17.1. The highest BCUT2D eigenvalue weighted by Crippen LogP contribution is 2.27. The molecule has 1 unspecified atom stereocenters. The number of carbonyl (C=O) groups is 1. The van der Waals surface area contributed by atoms with Crippen LogP contribution in [-0.4, -0.2) is 32.3 Å². The van der Waals surface area contributed by atoms with Crippen molar-refractivity contribution in [2.75, 3.05) is 6.61 Å². The van der Waals surface area contributed by atoms with Crippen molar-refractivity contribution in [1.29, 1.82) is 5.26 Å². The van der Waals surface area contributed by atoms with E-state index in [-0.39, 0.29) is 30.5 Å². The summed E-state index contributed by atoms with van der Waals surface area (Å²) in [4.78, 5) is 16.6. The largest absolute Gasteiger partial charge is 0.478 e. The van der Waals surface area contributed by atoms with Crippen molar-refractivity contribution < 1.29 is 15.0 Å². The molecule has 2 N–H and O–H groups in total. The van der Waals surface area contributed by atoms with Crippen LogP contribution in [0.1, 0.15) is 65.7 Å². The number of halogens is 1. The number of imidazole rings is 1. The minimum atomic E-state index is -0.993. The second-order valence-electron chi connectivity index (χ2n) is 7.70. The van der Waals surface area contributed by atoms with Crippen molar-refractivity contribution in [2.45, 2.75) is 45.6 Å². The average molecular weight is 454 g/mol. The van der Waals surface area contributed by atoms with Gasteiger partial charge >= 0.3 is 5.97 Å². The van der Waals surface area contributed by atoms with E-state index in [2.05, 4.69) is 18.0 Å². The number of benzene rings is 2. The zero-order valence-corrected chi connectivity index (χ0v) is 19.1. The standard InChI is InChI=1S/C25H27N3O3.ClH/c1-3-4-10-23-27-24(17(2)16-29)22(14-26)28(23)15-18-11-12-20(21(13-18)25(30)31)19-8-6-5-7-9-19;/h5-9,11-13,17,29H,3-4,10,15-16H2,1-2H3,(H,30,31);1H. The van der Waals surface area contributed by atoms with E-state index in [1.165, 1.54) is 0 Å². The molecular formula is C25H28ClN3O3. The highest BCUT2D eigenvalue weighted by Gasteiger charge is 2.22. The van der Waals surface area contributed by atoms with Gasteiger partial charge in [0.1, 0.15) is 17.6 Å². The Morgan fingerprint density at radius 1 is 1.22 bits per heavy atom. The summed E-state index contributed by atoms with van der Waals surface area (Å²) in [5, 5.41) is 29.2. The number of hydrogen-bond acceptors (Lipinski definition) is 4. The first-order valence-corrected chi connectivity index (χ1v) is 10.5. The first kappa shape index (κ1) is 25.1. The van der Waals surface area contributed by atoms with E-state index < -0.39 is 5.97 Å². The van der Waals surface area contributed by atoms with Crippen molar-refractivity contribution >= 4 is 18.4 Å². The van der Waals surface area contributed by atoms with E-state index in [1.54, 1.807) is 6.07 Å². The number of aliphatic hydroxyl groups is 1.